The quantitative estimate of drug-likeness (QED) is 0.738. The summed E-state index contributed by atoms with van der Waals surface area (Å²) in [6.45, 7) is 2.08. The molecule has 20 heavy (non-hydrogen) atoms. The molecule has 2 aromatic carbocycles. The number of thiazole rings is 1. The Balaban J connectivity index is 1.90. The van der Waals surface area contributed by atoms with Crippen LogP contribution >= 0.6 is 22.9 Å². The summed E-state index contributed by atoms with van der Waals surface area (Å²) >= 11 is 7.74. The molecule has 1 N–H and O–H groups in total. The summed E-state index contributed by atoms with van der Waals surface area (Å²) in [4.78, 5) is 4.55. The fraction of sp³-hybridized carbons (Fsp3) is 0.133. The first kappa shape index (κ1) is 13.2. The van der Waals surface area contributed by atoms with Crippen molar-refractivity contribution >= 4 is 44.0 Å². The second-order valence-electron chi connectivity index (χ2n) is 4.46. The van der Waals surface area contributed by atoms with Gasteiger partial charge in [0.25, 0.3) is 0 Å². The number of ether oxygens (including phenoxy) is 1. The maximum absolute atomic E-state index is 6.11. The van der Waals surface area contributed by atoms with Gasteiger partial charge in [-0.1, -0.05) is 29.0 Å². The number of rotatable bonds is 3. The fourth-order valence-corrected chi connectivity index (χ4v) is 3.19. The first-order chi connectivity index (χ1) is 9.65. The molecule has 0 atom stereocenters. The van der Waals surface area contributed by atoms with Gasteiger partial charge in [-0.2, -0.15) is 0 Å². The van der Waals surface area contributed by atoms with Crippen LogP contribution in [-0.4, -0.2) is 12.1 Å². The first-order valence-corrected chi connectivity index (χ1v) is 7.33. The van der Waals surface area contributed by atoms with Crippen molar-refractivity contribution in [3.8, 4) is 5.75 Å². The van der Waals surface area contributed by atoms with E-state index in [1.54, 1.807) is 18.4 Å². The monoisotopic (exact) mass is 304 g/mol. The molecule has 0 saturated carbocycles. The minimum Gasteiger partial charge on any atom is -0.495 e. The predicted molar refractivity (Wildman–Crippen MR) is 85.6 cm³/mol. The van der Waals surface area contributed by atoms with Crippen molar-refractivity contribution in [3.63, 3.8) is 0 Å². The molecule has 0 bridgehead atoms. The van der Waals surface area contributed by atoms with E-state index in [1.165, 1.54) is 10.3 Å². The maximum atomic E-state index is 6.11. The van der Waals surface area contributed by atoms with E-state index in [1.807, 2.05) is 24.3 Å². The van der Waals surface area contributed by atoms with Gasteiger partial charge in [0.2, 0.25) is 0 Å². The van der Waals surface area contributed by atoms with Crippen molar-refractivity contribution in [2.45, 2.75) is 6.92 Å². The number of hydrogen-bond acceptors (Lipinski definition) is 4. The zero-order chi connectivity index (χ0) is 14.1. The second-order valence-corrected chi connectivity index (χ2v) is 5.90. The van der Waals surface area contributed by atoms with Crippen LogP contribution in [0.25, 0.3) is 10.2 Å². The Bertz CT molecular complexity index is 770. The molecule has 3 nitrogen and oxygen atoms in total. The van der Waals surface area contributed by atoms with Crippen LogP contribution in [-0.2, 0) is 0 Å². The second kappa shape index (κ2) is 5.31. The molecule has 3 aromatic rings. The number of nitrogens with one attached hydrogen (secondary N) is 1. The van der Waals surface area contributed by atoms with E-state index in [0.717, 1.165) is 16.3 Å². The lowest BCUT2D eigenvalue weighted by molar-refractivity contribution is 0.415. The van der Waals surface area contributed by atoms with Crippen molar-refractivity contribution in [1.82, 2.24) is 4.98 Å². The zero-order valence-corrected chi connectivity index (χ0v) is 12.7. The van der Waals surface area contributed by atoms with Crippen molar-refractivity contribution < 1.29 is 4.74 Å². The zero-order valence-electron chi connectivity index (χ0n) is 11.1. The van der Waals surface area contributed by atoms with E-state index in [9.17, 15) is 0 Å². The van der Waals surface area contributed by atoms with Crippen LogP contribution in [0.1, 0.15) is 5.56 Å². The van der Waals surface area contributed by atoms with Gasteiger partial charge in [-0.05, 0) is 42.8 Å². The van der Waals surface area contributed by atoms with Gasteiger partial charge in [-0.25, -0.2) is 4.98 Å². The minimum absolute atomic E-state index is 0.578. The normalized spacial score (nSPS) is 10.8. The third kappa shape index (κ3) is 2.57. The van der Waals surface area contributed by atoms with Gasteiger partial charge < -0.3 is 10.1 Å². The molecule has 0 unspecified atom stereocenters. The SMILES string of the molecule is COc1ccc(Nc2nc3ccc(C)cc3s2)cc1Cl. The van der Waals surface area contributed by atoms with Crippen LogP contribution in [0.5, 0.6) is 5.75 Å². The van der Waals surface area contributed by atoms with Crippen LogP contribution < -0.4 is 10.1 Å². The van der Waals surface area contributed by atoms with E-state index >= 15 is 0 Å². The Labute approximate surface area is 126 Å². The number of halogens is 1. The van der Waals surface area contributed by atoms with Crippen molar-refractivity contribution in [2.24, 2.45) is 0 Å². The third-order valence-electron chi connectivity index (χ3n) is 2.95. The van der Waals surface area contributed by atoms with Gasteiger partial charge in [0, 0.05) is 5.69 Å². The van der Waals surface area contributed by atoms with E-state index in [4.69, 9.17) is 16.3 Å². The van der Waals surface area contributed by atoms with Gasteiger partial charge in [-0.3, -0.25) is 0 Å². The molecule has 0 aliphatic rings. The first-order valence-electron chi connectivity index (χ1n) is 6.13. The summed E-state index contributed by atoms with van der Waals surface area (Å²) in [6.07, 6.45) is 0. The van der Waals surface area contributed by atoms with Crippen LogP contribution in [0, 0.1) is 6.92 Å². The molecule has 0 saturated heterocycles. The highest BCUT2D eigenvalue weighted by Gasteiger charge is 2.06. The number of anilines is 2. The van der Waals surface area contributed by atoms with Crippen LogP contribution in [0.3, 0.4) is 0 Å². The number of nitrogens with zero attached hydrogens (tertiary/aromatic N) is 1. The number of hydrogen-bond donors (Lipinski definition) is 1. The van der Waals surface area contributed by atoms with Gasteiger partial charge >= 0.3 is 0 Å². The molecule has 0 fully saturated rings. The molecule has 0 spiro atoms. The summed E-state index contributed by atoms with van der Waals surface area (Å²) in [7, 11) is 1.60. The standard InChI is InChI=1S/C15H13ClN2OS/c1-9-3-5-12-14(7-9)20-15(18-12)17-10-4-6-13(19-2)11(16)8-10/h3-8H,1-2H3,(H,17,18). The highest BCUT2D eigenvalue weighted by molar-refractivity contribution is 7.22. The highest BCUT2D eigenvalue weighted by Crippen LogP contribution is 2.32. The summed E-state index contributed by atoms with van der Waals surface area (Å²) < 4.78 is 6.31. The summed E-state index contributed by atoms with van der Waals surface area (Å²) in [5.41, 5.74) is 3.13. The van der Waals surface area contributed by atoms with E-state index in [2.05, 4.69) is 29.4 Å². The maximum Gasteiger partial charge on any atom is 0.188 e. The molecule has 0 aliphatic carbocycles. The van der Waals surface area contributed by atoms with E-state index in [-0.39, 0.29) is 0 Å². The Morgan fingerprint density at radius 2 is 2.05 bits per heavy atom. The Morgan fingerprint density at radius 1 is 1.20 bits per heavy atom. The molecule has 5 heteroatoms. The van der Waals surface area contributed by atoms with Crippen LogP contribution in [0.15, 0.2) is 36.4 Å². The van der Waals surface area contributed by atoms with Crippen molar-refractivity contribution in [1.29, 1.82) is 0 Å². The molecule has 0 radical (unpaired) electrons. The van der Waals surface area contributed by atoms with E-state index in [0.29, 0.717) is 10.8 Å². The molecule has 1 heterocycles. The van der Waals surface area contributed by atoms with E-state index < -0.39 is 0 Å². The minimum atomic E-state index is 0.578. The van der Waals surface area contributed by atoms with Crippen LogP contribution in [0.4, 0.5) is 10.8 Å². The summed E-state index contributed by atoms with van der Waals surface area (Å²) in [6, 6.07) is 11.8. The number of aryl methyl sites for hydroxylation is 1. The number of methoxy groups -OCH3 is 1. The van der Waals surface area contributed by atoms with Gasteiger partial charge in [0.1, 0.15) is 5.75 Å². The average molecular weight is 305 g/mol. The average Bonchev–Trinajstić information content (AvgIpc) is 2.80. The molecule has 102 valence electrons. The largest absolute Gasteiger partial charge is 0.495 e. The smallest absolute Gasteiger partial charge is 0.188 e. The Hall–Kier alpha value is -1.78. The molecular weight excluding hydrogens is 292 g/mol. The fourth-order valence-electron chi connectivity index (χ4n) is 1.95. The number of fused-ring (bicyclic) bond motifs is 1. The number of aromatic nitrogens is 1. The van der Waals surface area contributed by atoms with Gasteiger partial charge in [-0.15, -0.1) is 0 Å². The molecule has 0 aliphatic heterocycles. The molecule has 3 rings (SSSR count). The lowest BCUT2D eigenvalue weighted by atomic mass is 10.2. The Kier molecular flexibility index (Phi) is 3.51. The molecular formula is C15H13ClN2OS. The van der Waals surface area contributed by atoms with Crippen LogP contribution in [0.2, 0.25) is 5.02 Å². The highest BCUT2D eigenvalue weighted by atomic mass is 35.5. The lowest BCUT2D eigenvalue weighted by Crippen LogP contribution is -1.90. The lowest BCUT2D eigenvalue weighted by Gasteiger charge is -2.06. The molecule has 0 amide bonds. The van der Waals surface area contributed by atoms with Gasteiger partial charge in [0.15, 0.2) is 5.13 Å². The van der Waals surface area contributed by atoms with Crippen molar-refractivity contribution in [3.05, 3.63) is 47.0 Å². The third-order valence-corrected chi connectivity index (χ3v) is 4.18. The van der Waals surface area contributed by atoms with Crippen molar-refractivity contribution in [2.75, 3.05) is 12.4 Å². The summed E-state index contributed by atoms with van der Waals surface area (Å²) in [5, 5.41) is 4.70. The molecule has 1 aromatic heterocycles. The topological polar surface area (TPSA) is 34.1 Å². The van der Waals surface area contributed by atoms with Gasteiger partial charge in [0.05, 0.1) is 22.3 Å². The number of benzene rings is 2. The summed E-state index contributed by atoms with van der Waals surface area (Å²) in [5.74, 6) is 0.664. The predicted octanol–water partition coefficient (Wildman–Crippen LogP) is 5.01. The Morgan fingerprint density at radius 3 is 2.80 bits per heavy atom.